The SMILES string of the molecule is CCNC(=O)c1ccc(CNS(=O)(=O)/C=C\c2ccccc2)cc1. The van der Waals surface area contributed by atoms with Crippen molar-refractivity contribution >= 4 is 22.0 Å². The van der Waals surface area contributed by atoms with Crippen LogP contribution in [0.1, 0.15) is 28.4 Å². The van der Waals surface area contributed by atoms with Crippen LogP contribution in [0.25, 0.3) is 6.08 Å². The third kappa shape index (κ3) is 5.64. The van der Waals surface area contributed by atoms with Crippen molar-refractivity contribution in [2.75, 3.05) is 6.54 Å². The van der Waals surface area contributed by atoms with E-state index in [1.165, 1.54) is 0 Å². The van der Waals surface area contributed by atoms with Crippen molar-refractivity contribution in [3.05, 3.63) is 76.7 Å². The second-order valence-corrected chi connectivity index (χ2v) is 6.79. The van der Waals surface area contributed by atoms with E-state index in [1.54, 1.807) is 30.3 Å². The van der Waals surface area contributed by atoms with E-state index in [-0.39, 0.29) is 12.5 Å². The molecule has 0 fully saturated rings. The summed E-state index contributed by atoms with van der Waals surface area (Å²) in [5.41, 5.74) is 2.14. The molecule has 0 aromatic heterocycles. The highest BCUT2D eigenvalue weighted by Gasteiger charge is 2.07. The average Bonchev–Trinajstić information content (AvgIpc) is 2.60. The van der Waals surface area contributed by atoms with Gasteiger partial charge in [0.15, 0.2) is 0 Å². The van der Waals surface area contributed by atoms with Crippen LogP contribution in [0, 0.1) is 0 Å². The summed E-state index contributed by atoms with van der Waals surface area (Å²) in [6.45, 7) is 2.58. The van der Waals surface area contributed by atoms with Crippen molar-refractivity contribution in [1.82, 2.24) is 10.0 Å². The van der Waals surface area contributed by atoms with Gasteiger partial charge in [0.05, 0.1) is 0 Å². The molecule has 0 spiro atoms. The van der Waals surface area contributed by atoms with E-state index in [0.29, 0.717) is 12.1 Å². The minimum Gasteiger partial charge on any atom is -0.352 e. The summed E-state index contributed by atoms with van der Waals surface area (Å²) >= 11 is 0. The van der Waals surface area contributed by atoms with Gasteiger partial charge in [0.1, 0.15) is 0 Å². The largest absolute Gasteiger partial charge is 0.352 e. The lowest BCUT2D eigenvalue weighted by molar-refractivity contribution is 0.0956. The number of sulfonamides is 1. The lowest BCUT2D eigenvalue weighted by atomic mass is 10.1. The lowest BCUT2D eigenvalue weighted by Crippen LogP contribution is -2.23. The molecule has 0 unspecified atom stereocenters. The Morgan fingerprint density at radius 1 is 1.04 bits per heavy atom. The van der Waals surface area contributed by atoms with Crippen molar-refractivity contribution in [2.24, 2.45) is 0 Å². The van der Waals surface area contributed by atoms with Crippen LogP contribution in [0.5, 0.6) is 0 Å². The van der Waals surface area contributed by atoms with Gasteiger partial charge < -0.3 is 5.32 Å². The quantitative estimate of drug-likeness (QED) is 0.810. The molecule has 24 heavy (non-hydrogen) atoms. The molecule has 0 aliphatic heterocycles. The molecule has 2 rings (SSSR count). The fourth-order valence-corrected chi connectivity index (χ4v) is 2.80. The molecule has 0 heterocycles. The lowest BCUT2D eigenvalue weighted by Gasteiger charge is -2.05. The Kier molecular flexibility index (Phi) is 6.28. The zero-order chi connectivity index (χ0) is 17.4. The van der Waals surface area contributed by atoms with Gasteiger partial charge in [-0.1, -0.05) is 42.5 Å². The van der Waals surface area contributed by atoms with Gasteiger partial charge in [0, 0.05) is 24.1 Å². The molecule has 1 amide bonds. The fraction of sp³-hybridized carbons (Fsp3) is 0.167. The molecule has 0 aliphatic carbocycles. The van der Waals surface area contributed by atoms with E-state index in [0.717, 1.165) is 16.5 Å². The first-order valence-corrected chi connectivity index (χ1v) is 9.15. The standard InChI is InChI=1S/C18H20N2O3S/c1-2-19-18(21)17-10-8-16(9-11-17)14-20-24(22,23)13-12-15-6-4-3-5-7-15/h3-13,20H,2,14H2,1H3,(H,19,21)/b13-12-. The summed E-state index contributed by atoms with van der Waals surface area (Å²) < 4.78 is 26.5. The molecule has 5 nitrogen and oxygen atoms in total. The van der Waals surface area contributed by atoms with E-state index in [1.807, 2.05) is 37.3 Å². The minimum atomic E-state index is -3.52. The number of hydrogen-bond acceptors (Lipinski definition) is 3. The summed E-state index contributed by atoms with van der Waals surface area (Å²) in [6.07, 6.45) is 1.54. The predicted molar refractivity (Wildman–Crippen MR) is 95.7 cm³/mol. The topological polar surface area (TPSA) is 75.3 Å². The molecule has 2 N–H and O–H groups in total. The van der Waals surface area contributed by atoms with Gasteiger partial charge in [-0.15, -0.1) is 0 Å². The summed E-state index contributed by atoms with van der Waals surface area (Å²) in [6, 6.07) is 16.0. The summed E-state index contributed by atoms with van der Waals surface area (Å²) in [7, 11) is -3.52. The van der Waals surface area contributed by atoms with Gasteiger partial charge in [0.2, 0.25) is 10.0 Å². The van der Waals surface area contributed by atoms with Crippen LogP contribution in [0.3, 0.4) is 0 Å². The predicted octanol–water partition coefficient (Wildman–Crippen LogP) is 2.53. The summed E-state index contributed by atoms with van der Waals surface area (Å²) in [4.78, 5) is 11.7. The molecular formula is C18H20N2O3S. The molecule has 0 saturated carbocycles. The molecular weight excluding hydrogens is 324 g/mol. The first-order valence-electron chi connectivity index (χ1n) is 7.60. The first-order chi connectivity index (χ1) is 11.5. The highest BCUT2D eigenvalue weighted by Crippen LogP contribution is 2.06. The van der Waals surface area contributed by atoms with Gasteiger partial charge in [-0.05, 0) is 36.3 Å². The van der Waals surface area contributed by atoms with Crippen molar-refractivity contribution < 1.29 is 13.2 Å². The minimum absolute atomic E-state index is 0.143. The number of carbonyl (C=O) groups excluding carboxylic acids is 1. The van der Waals surface area contributed by atoms with Crippen molar-refractivity contribution in [3.63, 3.8) is 0 Å². The van der Waals surface area contributed by atoms with Crippen LogP contribution < -0.4 is 10.0 Å². The second kappa shape index (κ2) is 8.42. The maximum Gasteiger partial charge on any atom is 0.251 e. The summed E-state index contributed by atoms with van der Waals surface area (Å²) in [5.74, 6) is -0.143. The monoisotopic (exact) mass is 344 g/mol. The number of rotatable bonds is 7. The third-order valence-corrected chi connectivity index (χ3v) is 4.31. The van der Waals surface area contributed by atoms with Crippen LogP contribution in [-0.2, 0) is 16.6 Å². The van der Waals surface area contributed by atoms with Crippen molar-refractivity contribution in [1.29, 1.82) is 0 Å². The number of hydrogen-bond donors (Lipinski definition) is 2. The highest BCUT2D eigenvalue weighted by molar-refractivity contribution is 7.92. The number of amides is 1. The molecule has 0 atom stereocenters. The van der Waals surface area contributed by atoms with Gasteiger partial charge >= 0.3 is 0 Å². The zero-order valence-electron chi connectivity index (χ0n) is 13.4. The van der Waals surface area contributed by atoms with Crippen molar-refractivity contribution in [3.8, 4) is 0 Å². The van der Waals surface area contributed by atoms with E-state index in [4.69, 9.17) is 0 Å². The molecule has 2 aromatic rings. The Morgan fingerprint density at radius 3 is 2.33 bits per heavy atom. The maximum atomic E-state index is 12.0. The van der Waals surface area contributed by atoms with E-state index in [2.05, 4.69) is 10.0 Å². The van der Waals surface area contributed by atoms with Crippen LogP contribution in [-0.4, -0.2) is 20.9 Å². The molecule has 0 saturated heterocycles. The Bertz CT molecular complexity index is 798. The van der Waals surface area contributed by atoms with Crippen LogP contribution in [0.15, 0.2) is 60.0 Å². The number of carbonyl (C=O) groups is 1. The fourth-order valence-electron chi connectivity index (χ4n) is 2.00. The van der Waals surface area contributed by atoms with Crippen LogP contribution >= 0.6 is 0 Å². The Morgan fingerprint density at radius 2 is 1.71 bits per heavy atom. The number of nitrogens with one attached hydrogen (secondary N) is 2. The van der Waals surface area contributed by atoms with Crippen molar-refractivity contribution in [2.45, 2.75) is 13.5 Å². The van der Waals surface area contributed by atoms with E-state index < -0.39 is 10.0 Å². The zero-order valence-corrected chi connectivity index (χ0v) is 14.2. The average molecular weight is 344 g/mol. The van der Waals surface area contributed by atoms with Crippen LogP contribution in [0.2, 0.25) is 0 Å². The molecule has 0 radical (unpaired) electrons. The number of benzene rings is 2. The molecule has 2 aromatic carbocycles. The molecule has 0 aliphatic rings. The van der Waals surface area contributed by atoms with Gasteiger partial charge in [-0.3, -0.25) is 4.79 Å². The molecule has 0 bridgehead atoms. The second-order valence-electron chi connectivity index (χ2n) is 5.14. The maximum absolute atomic E-state index is 12.0. The smallest absolute Gasteiger partial charge is 0.251 e. The Hall–Kier alpha value is -2.44. The van der Waals surface area contributed by atoms with Gasteiger partial charge in [0.25, 0.3) is 5.91 Å². The highest BCUT2D eigenvalue weighted by atomic mass is 32.2. The Balaban J connectivity index is 1.94. The van der Waals surface area contributed by atoms with Gasteiger partial charge in [-0.25, -0.2) is 13.1 Å². The molecule has 126 valence electrons. The normalized spacial score (nSPS) is 11.5. The third-order valence-electron chi connectivity index (χ3n) is 3.27. The Labute approximate surface area is 142 Å². The van der Waals surface area contributed by atoms with Crippen LogP contribution in [0.4, 0.5) is 0 Å². The molecule has 6 heteroatoms. The van der Waals surface area contributed by atoms with E-state index >= 15 is 0 Å². The van der Waals surface area contributed by atoms with E-state index in [9.17, 15) is 13.2 Å². The summed E-state index contributed by atoms with van der Waals surface area (Å²) in [5, 5.41) is 3.85. The van der Waals surface area contributed by atoms with Gasteiger partial charge in [-0.2, -0.15) is 0 Å². The first kappa shape index (κ1) is 17.9.